The van der Waals surface area contributed by atoms with Crippen molar-refractivity contribution in [1.82, 2.24) is 28.6 Å². The largest absolute Gasteiger partial charge is 0.427 e. The van der Waals surface area contributed by atoms with E-state index in [0.29, 0.717) is 65.7 Å². The van der Waals surface area contributed by atoms with Crippen LogP contribution in [0, 0.1) is 11.2 Å². The Morgan fingerprint density at radius 1 is 1.09 bits per heavy atom. The van der Waals surface area contributed by atoms with Crippen LogP contribution in [0.4, 0.5) is 17.6 Å². The third-order valence-electron chi connectivity index (χ3n) is 8.61. The number of hydrogen-bond donors (Lipinski definition) is 0. The topological polar surface area (TPSA) is 103 Å². The van der Waals surface area contributed by atoms with Crippen molar-refractivity contribution < 1.29 is 30.8 Å². The van der Waals surface area contributed by atoms with Crippen LogP contribution in [0.1, 0.15) is 58.0 Å². The summed E-state index contributed by atoms with van der Waals surface area (Å²) in [6.07, 6.45) is 4.54. The molecule has 0 N–H and O–H groups in total. The Hall–Kier alpha value is -3.69. The summed E-state index contributed by atoms with van der Waals surface area (Å²) in [4.78, 5) is 21.4. The second-order valence-corrected chi connectivity index (χ2v) is 14.4. The number of rotatable bonds is 7. The van der Waals surface area contributed by atoms with Gasteiger partial charge in [0.1, 0.15) is 10.7 Å². The van der Waals surface area contributed by atoms with Crippen LogP contribution in [0.25, 0.3) is 11.8 Å². The number of carbonyl (C=O) groups is 1. The molecule has 15 heteroatoms. The monoisotopic (exact) mass is 646 g/mol. The molecule has 0 spiro atoms. The molecule has 44 heavy (non-hydrogen) atoms. The average molecular weight is 647 g/mol. The molecule has 3 heterocycles. The lowest BCUT2D eigenvalue weighted by Crippen LogP contribution is -2.51. The summed E-state index contributed by atoms with van der Waals surface area (Å²) in [6, 6.07) is 4.94. The zero-order chi connectivity index (χ0) is 31.0. The van der Waals surface area contributed by atoms with Crippen molar-refractivity contribution in [3.05, 3.63) is 81.7 Å². The van der Waals surface area contributed by atoms with Gasteiger partial charge in [-0.25, -0.2) is 27.5 Å². The summed E-state index contributed by atoms with van der Waals surface area (Å²) in [5, 5.41) is 4.13. The number of aromatic nitrogens is 5. The molecule has 3 aromatic heterocycles. The van der Waals surface area contributed by atoms with Gasteiger partial charge >= 0.3 is 6.18 Å². The van der Waals surface area contributed by atoms with Crippen molar-refractivity contribution in [2.45, 2.75) is 61.8 Å². The molecule has 0 aliphatic heterocycles. The van der Waals surface area contributed by atoms with E-state index in [1.807, 2.05) is 6.08 Å². The number of carbonyl (C=O) groups excluding carboxylic acids is 1. The second kappa shape index (κ2) is 10.2. The Morgan fingerprint density at radius 3 is 2.48 bits per heavy atom. The summed E-state index contributed by atoms with van der Waals surface area (Å²) in [5.41, 5.74) is 1.31. The van der Waals surface area contributed by atoms with Gasteiger partial charge < -0.3 is 4.57 Å². The van der Waals surface area contributed by atoms with Gasteiger partial charge in [0.25, 0.3) is 10.0 Å². The minimum absolute atomic E-state index is 0.0718. The highest BCUT2D eigenvalue weighted by Crippen LogP contribution is 2.53. The number of nitrogens with zero attached hydrogens (tertiary/aromatic N) is 6. The van der Waals surface area contributed by atoms with E-state index in [0.717, 1.165) is 0 Å². The van der Waals surface area contributed by atoms with Crippen molar-refractivity contribution in [3.63, 3.8) is 0 Å². The molecule has 3 aliphatic rings. The summed E-state index contributed by atoms with van der Waals surface area (Å²) in [5.74, 6) is -0.973. The molecular formula is C29H26F4N6O3S2. The second-order valence-electron chi connectivity index (χ2n) is 11.6. The first kappa shape index (κ1) is 29.0. The molecule has 0 saturated heterocycles. The molecule has 4 aromatic rings. The van der Waals surface area contributed by atoms with Crippen molar-refractivity contribution >= 4 is 33.2 Å². The van der Waals surface area contributed by atoms with E-state index in [-0.39, 0.29) is 28.9 Å². The lowest BCUT2D eigenvalue weighted by Gasteiger charge is -2.46. The van der Waals surface area contributed by atoms with E-state index in [9.17, 15) is 30.8 Å². The molecule has 3 aliphatic carbocycles. The van der Waals surface area contributed by atoms with E-state index < -0.39 is 44.1 Å². The van der Waals surface area contributed by atoms with E-state index in [1.165, 1.54) is 29.0 Å². The summed E-state index contributed by atoms with van der Waals surface area (Å²) >= 11 is 0.296. The van der Waals surface area contributed by atoms with Crippen molar-refractivity contribution in [3.8, 4) is 5.69 Å². The van der Waals surface area contributed by atoms with Crippen molar-refractivity contribution in [2.24, 2.45) is 12.5 Å². The van der Waals surface area contributed by atoms with Gasteiger partial charge in [0, 0.05) is 25.3 Å². The van der Waals surface area contributed by atoms with E-state index in [1.54, 1.807) is 34.6 Å². The fraction of sp³-hybridized carbons (Fsp3) is 0.379. The maximum atomic E-state index is 14.4. The van der Waals surface area contributed by atoms with Crippen LogP contribution >= 0.6 is 11.3 Å². The van der Waals surface area contributed by atoms with Crippen LogP contribution in [0.5, 0.6) is 0 Å². The first-order valence-electron chi connectivity index (χ1n) is 14.0. The number of thiazole rings is 1. The van der Waals surface area contributed by atoms with Gasteiger partial charge in [-0.05, 0) is 74.4 Å². The third-order valence-corrected chi connectivity index (χ3v) is 11.5. The number of ketones is 1. The fourth-order valence-corrected chi connectivity index (χ4v) is 9.15. The molecule has 0 amide bonds. The minimum Gasteiger partial charge on any atom is -0.339 e. The number of Topliss-reactive ketones (excluding diaryl/α,β-unsaturated/α-hetero) is 1. The fourth-order valence-electron chi connectivity index (χ4n) is 6.45. The number of sulfonamides is 1. The van der Waals surface area contributed by atoms with Crippen molar-refractivity contribution in [2.75, 3.05) is 0 Å². The number of imidazole rings is 1. The quantitative estimate of drug-likeness (QED) is 0.196. The van der Waals surface area contributed by atoms with Gasteiger partial charge in [-0.3, -0.25) is 4.79 Å². The lowest BCUT2D eigenvalue weighted by atomic mass is 9.61. The van der Waals surface area contributed by atoms with Gasteiger partial charge in [-0.1, -0.05) is 5.57 Å². The maximum absolute atomic E-state index is 14.4. The highest BCUT2D eigenvalue weighted by molar-refractivity contribution is 7.89. The molecule has 230 valence electrons. The number of benzene rings is 1. The number of alkyl halides is 3. The average Bonchev–Trinajstić information content (AvgIpc) is 3.34. The van der Waals surface area contributed by atoms with Gasteiger partial charge in [0.05, 0.1) is 35.5 Å². The summed E-state index contributed by atoms with van der Waals surface area (Å²) in [6.45, 7) is 0. The number of halogens is 4. The molecule has 2 atom stereocenters. The molecule has 0 unspecified atom stereocenters. The minimum atomic E-state index is -4.66. The van der Waals surface area contributed by atoms with Crippen LogP contribution in [0.3, 0.4) is 0 Å². The molecule has 7 rings (SSSR count). The smallest absolute Gasteiger partial charge is 0.339 e. The zero-order valence-corrected chi connectivity index (χ0v) is 25.0. The Bertz CT molecular complexity index is 1910. The van der Waals surface area contributed by atoms with Gasteiger partial charge in [0.2, 0.25) is 5.78 Å². The lowest BCUT2D eigenvalue weighted by molar-refractivity contribution is -0.134. The van der Waals surface area contributed by atoms with Crippen LogP contribution in [-0.2, 0) is 29.7 Å². The molecule has 0 bridgehead atoms. The first-order chi connectivity index (χ1) is 20.9. The van der Waals surface area contributed by atoms with E-state index >= 15 is 0 Å². The van der Waals surface area contributed by atoms with Crippen LogP contribution < -0.4 is 0 Å². The number of allylic oxidation sites excluding steroid dienone is 1. The zero-order valence-electron chi connectivity index (χ0n) is 23.3. The number of fused-ring (bicyclic) bond motifs is 2. The maximum Gasteiger partial charge on any atom is 0.427 e. The third kappa shape index (κ3) is 4.81. The normalized spacial score (nSPS) is 22.0. The van der Waals surface area contributed by atoms with Crippen LogP contribution in [0.2, 0.25) is 0 Å². The standard InChI is InChI=1S/C29H26F4N6O3S2/c1-37-15-25(35-16-37)44(41,42)39(21-8-9-21)22-5-2-18-10-23-17(13-36-38(23)20-6-3-19(30)4-7-20)11-28(18,12-22)26(40)27-34-14-24(43-27)29(31,32)33/h3-4,6-7,10,13-16,21-22H,2,5,8-9,11-12H2,1H3/t22-,28-/m0/s1. The van der Waals surface area contributed by atoms with E-state index in [4.69, 9.17) is 0 Å². The van der Waals surface area contributed by atoms with Crippen LogP contribution in [-0.4, -0.2) is 54.9 Å². The summed E-state index contributed by atoms with van der Waals surface area (Å²) in [7, 11) is -2.35. The highest BCUT2D eigenvalue weighted by Gasteiger charge is 2.54. The van der Waals surface area contributed by atoms with E-state index in [2.05, 4.69) is 15.1 Å². The molecule has 2 fully saturated rings. The Balaban J connectivity index is 1.32. The van der Waals surface area contributed by atoms with Gasteiger partial charge in [-0.2, -0.15) is 22.6 Å². The highest BCUT2D eigenvalue weighted by atomic mass is 32.2. The molecule has 2 saturated carbocycles. The number of hydrogen-bond acceptors (Lipinski definition) is 7. The van der Waals surface area contributed by atoms with Gasteiger partial charge in [0.15, 0.2) is 10.0 Å². The van der Waals surface area contributed by atoms with Crippen LogP contribution in [0.15, 0.2) is 59.8 Å². The molecule has 9 nitrogen and oxygen atoms in total. The Morgan fingerprint density at radius 2 is 1.84 bits per heavy atom. The predicted octanol–water partition coefficient (Wildman–Crippen LogP) is 5.43. The van der Waals surface area contributed by atoms with Crippen molar-refractivity contribution in [1.29, 1.82) is 0 Å². The summed E-state index contributed by atoms with van der Waals surface area (Å²) < 4.78 is 86.6. The molecule has 1 aromatic carbocycles. The SMILES string of the molecule is Cn1cnc(S(=O)(=O)N(C2CC2)[C@H]2CCC3=Cc4c(cnn4-c4ccc(F)cc4)C[C@]3(C(=O)c3ncc(C(F)(F)F)s3)C2)c1. The number of aryl methyl sites for hydroxylation is 1. The van der Waals surface area contributed by atoms with Gasteiger partial charge in [-0.15, -0.1) is 11.3 Å². The first-order valence-corrected chi connectivity index (χ1v) is 16.3. The molecular weight excluding hydrogens is 620 g/mol. The predicted molar refractivity (Wildman–Crippen MR) is 152 cm³/mol. The molecule has 0 radical (unpaired) electrons. The Kier molecular flexibility index (Phi) is 6.71. The Labute approximate surface area is 253 Å².